The lowest BCUT2D eigenvalue weighted by Crippen LogP contribution is -2.53. The van der Waals surface area contributed by atoms with Gasteiger partial charge in [-0.15, -0.1) is 0 Å². The molecule has 0 spiro atoms. The number of carboxylic acid groups (broad SMARTS) is 1. The van der Waals surface area contributed by atoms with Gasteiger partial charge in [0.25, 0.3) is 0 Å². The van der Waals surface area contributed by atoms with Crippen LogP contribution in [0.5, 0.6) is 0 Å². The molecular weight excluding hydrogens is 240 g/mol. The maximum absolute atomic E-state index is 11.5. The van der Waals surface area contributed by atoms with E-state index >= 15 is 0 Å². The molecule has 6 nitrogen and oxygen atoms in total. The van der Waals surface area contributed by atoms with Gasteiger partial charge < -0.3 is 9.84 Å². The lowest BCUT2D eigenvalue weighted by Gasteiger charge is -2.29. The van der Waals surface area contributed by atoms with Crippen LogP contribution in [0.15, 0.2) is 12.2 Å². The highest BCUT2D eigenvalue weighted by Crippen LogP contribution is 2.28. The zero-order valence-electron chi connectivity index (χ0n) is 10.8. The molecule has 0 heterocycles. The molecule has 1 atom stereocenters. The molecule has 0 amide bonds. The van der Waals surface area contributed by atoms with Gasteiger partial charge in [-0.1, -0.05) is 6.58 Å². The Morgan fingerprint density at radius 2 is 1.50 bits per heavy atom. The molecule has 0 aromatic rings. The molecule has 0 saturated heterocycles. The van der Waals surface area contributed by atoms with Crippen LogP contribution in [-0.4, -0.2) is 34.7 Å². The summed E-state index contributed by atoms with van der Waals surface area (Å²) in [5, 5.41) is 9.13. The zero-order chi connectivity index (χ0) is 14.7. The normalized spacial score (nSPS) is 12.4. The third kappa shape index (κ3) is 2.64. The van der Waals surface area contributed by atoms with Gasteiger partial charge in [-0.05, 0) is 27.7 Å². The van der Waals surface area contributed by atoms with Gasteiger partial charge in [0.1, 0.15) is 6.10 Å². The van der Waals surface area contributed by atoms with Crippen molar-refractivity contribution >= 4 is 23.5 Å². The molecule has 0 bridgehead atoms. The van der Waals surface area contributed by atoms with E-state index in [2.05, 4.69) is 6.58 Å². The number of esters is 1. The molecule has 0 saturated carbocycles. The summed E-state index contributed by atoms with van der Waals surface area (Å²) in [6, 6.07) is 0. The summed E-state index contributed by atoms with van der Waals surface area (Å²) >= 11 is 0. The molecule has 0 aromatic heterocycles. The summed E-state index contributed by atoms with van der Waals surface area (Å²) < 4.78 is 4.80. The van der Waals surface area contributed by atoms with Crippen molar-refractivity contribution in [3.8, 4) is 0 Å². The fraction of sp³-hybridized carbons (Fsp3) is 0.500. The van der Waals surface area contributed by atoms with Crippen LogP contribution in [0.2, 0.25) is 0 Å². The second kappa shape index (κ2) is 5.57. The minimum absolute atomic E-state index is 0.0493. The number of Topliss-reactive ketones (excluding diaryl/α,β-unsaturated/α-hetero) is 2. The quantitative estimate of drug-likeness (QED) is 0.427. The molecule has 0 radical (unpaired) electrons. The van der Waals surface area contributed by atoms with Gasteiger partial charge in [0, 0.05) is 5.57 Å². The van der Waals surface area contributed by atoms with Crippen LogP contribution < -0.4 is 0 Å². The van der Waals surface area contributed by atoms with Crippen molar-refractivity contribution in [2.75, 3.05) is 0 Å². The third-order valence-electron chi connectivity index (χ3n) is 2.69. The monoisotopic (exact) mass is 256 g/mol. The molecule has 0 aliphatic heterocycles. The van der Waals surface area contributed by atoms with E-state index in [-0.39, 0.29) is 5.57 Å². The van der Waals surface area contributed by atoms with Gasteiger partial charge in [0.05, 0.1) is 0 Å². The van der Waals surface area contributed by atoms with Crippen LogP contribution in [0.3, 0.4) is 0 Å². The molecule has 0 fully saturated rings. The Hall–Kier alpha value is -1.98. The second-order valence-corrected chi connectivity index (χ2v) is 4.05. The smallest absolute Gasteiger partial charge is 0.333 e. The fourth-order valence-corrected chi connectivity index (χ4v) is 1.64. The van der Waals surface area contributed by atoms with Gasteiger partial charge in [0.15, 0.2) is 11.6 Å². The van der Waals surface area contributed by atoms with Crippen molar-refractivity contribution in [2.45, 2.75) is 33.8 Å². The van der Waals surface area contributed by atoms with E-state index in [0.29, 0.717) is 0 Å². The van der Waals surface area contributed by atoms with Crippen LogP contribution in [-0.2, 0) is 23.9 Å². The standard InChI is InChI=1S/C12H16O6/c1-6(2)10(15)18-9(5)12(7(3)13,8(4)14)11(16)17/h9H,1H2,2-5H3,(H,16,17). The molecule has 0 aromatic carbocycles. The summed E-state index contributed by atoms with van der Waals surface area (Å²) in [6.07, 6.45) is -1.41. The van der Waals surface area contributed by atoms with Crippen LogP contribution in [0, 0.1) is 5.41 Å². The SMILES string of the molecule is C=C(C)C(=O)OC(C)C(C(C)=O)(C(C)=O)C(=O)O. The molecule has 0 rings (SSSR count). The number of ketones is 2. The topological polar surface area (TPSA) is 97.7 Å². The van der Waals surface area contributed by atoms with E-state index in [9.17, 15) is 19.2 Å². The Balaban J connectivity index is 5.54. The van der Waals surface area contributed by atoms with Gasteiger partial charge in [0.2, 0.25) is 5.41 Å². The average molecular weight is 256 g/mol. The first kappa shape index (κ1) is 16.0. The number of hydrogen-bond donors (Lipinski definition) is 1. The summed E-state index contributed by atoms with van der Waals surface area (Å²) in [5.41, 5.74) is -2.32. The van der Waals surface area contributed by atoms with Gasteiger partial charge in [-0.2, -0.15) is 0 Å². The van der Waals surface area contributed by atoms with E-state index in [1.54, 1.807) is 0 Å². The van der Waals surface area contributed by atoms with E-state index in [1.165, 1.54) is 13.8 Å². The Labute approximate surface area is 105 Å². The highest BCUT2D eigenvalue weighted by atomic mass is 16.5. The first-order valence-corrected chi connectivity index (χ1v) is 5.20. The lowest BCUT2D eigenvalue weighted by molar-refractivity contribution is -0.171. The van der Waals surface area contributed by atoms with Crippen molar-refractivity contribution in [1.29, 1.82) is 0 Å². The summed E-state index contributed by atoms with van der Waals surface area (Å²) in [6.45, 7) is 7.84. The van der Waals surface area contributed by atoms with Crippen LogP contribution in [0.25, 0.3) is 0 Å². The van der Waals surface area contributed by atoms with Crippen LogP contribution in [0.4, 0.5) is 0 Å². The van der Waals surface area contributed by atoms with Crippen LogP contribution >= 0.6 is 0 Å². The number of hydrogen-bond acceptors (Lipinski definition) is 5. The molecule has 6 heteroatoms. The molecule has 0 aliphatic rings. The summed E-state index contributed by atoms with van der Waals surface area (Å²) in [4.78, 5) is 45.6. The molecule has 1 unspecified atom stereocenters. The van der Waals surface area contributed by atoms with E-state index in [0.717, 1.165) is 13.8 Å². The van der Waals surface area contributed by atoms with Gasteiger partial charge >= 0.3 is 11.9 Å². The number of rotatable bonds is 6. The largest absolute Gasteiger partial charge is 0.480 e. The number of aliphatic carboxylic acids is 1. The Morgan fingerprint density at radius 1 is 1.11 bits per heavy atom. The van der Waals surface area contributed by atoms with E-state index in [1.807, 2.05) is 0 Å². The van der Waals surface area contributed by atoms with Gasteiger partial charge in [-0.25, -0.2) is 4.79 Å². The number of ether oxygens (including phenoxy) is 1. The fourth-order valence-electron chi connectivity index (χ4n) is 1.64. The third-order valence-corrected chi connectivity index (χ3v) is 2.69. The minimum Gasteiger partial charge on any atom is -0.480 e. The van der Waals surface area contributed by atoms with E-state index < -0.39 is 35.0 Å². The molecule has 0 aliphatic carbocycles. The molecular formula is C12H16O6. The molecule has 1 N–H and O–H groups in total. The van der Waals surface area contributed by atoms with Crippen molar-refractivity contribution in [3.05, 3.63) is 12.2 Å². The maximum Gasteiger partial charge on any atom is 0.333 e. The number of carbonyl (C=O) groups is 4. The number of carboxylic acids is 1. The predicted octanol–water partition coefficient (Wildman–Crippen LogP) is 0.743. The predicted molar refractivity (Wildman–Crippen MR) is 61.8 cm³/mol. The number of carbonyl (C=O) groups excluding carboxylic acids is 3. The highest BCUT2D eigenvalue weighted by Gasteiger charge is 2.55. The zero-order valence-corrected chi connectivity index (χ0v) is 10.8. The lowest BCUT2D eigenvalue weighted by atomic mass is 9.75. The minimum atomic E-state index is -2.37. The van der Waals surface area contributed by atoms with Gasteiger partial charge in [-0.3, -0.25) is 14.4 Å². The Kier molecular flexibility index (Phi) is 4.96. The first-order valence-electron chi connectivity index (χ1n) is 5.20. The molecule has 18 heavy (non-hydrogen) atoms. The average Bonchev–Trinajstić information content (AvgIpc) is 2.15. The first-order chi connectivity index (χ1) is 8.08. The molecule has 100 valence electrons. The second-order valence-electron chi connectivity index (χ2n) is 4.05. The summed E-state index contributed by atoms with van der Waals surface area (Å²) in [5.74, 6) is -4.26. The Morgan fingerprint density at radius 3 is 1.72 bits per heavy atom. The van der Waals surface area contributed by atoms with Crippen molar-refractivity contribution in [1.82, 2.24) is 0 Å². The van der Waals surface area contributed by atoms with Crippen molar-refractivity contribution < 1.29 is 29.0 Å². The Bertz CT molecular complexity index is 384. The van der Waals surface area contributed by atoms with Crippen LogP contribution in [0.1, 0.15) is 27.7 Å². The van der Waals surface area contributed by atoms with E-state index in [4.69, 9.17) is 9.84 Å². The van der Waals surface area contributed by atoms with Crippen molar-refractivity contribution in [2.24, 2.45) is 5.41 Å². The van der Waals surface area contributed by atoms with Crippen molar-refractivity contribution in [3.63, 3.8) is 0 Å². The highest BCUT2D eigenvalue weighted by molar-refractivity contribution is 6.21. The summed E-state index contributed by atoms with van der Waals surface area (Å²) in [7, 11) is 0. The maximum atomic E-state index is 11.5.